The van der Waals surface area contributed by atoms with Crippen LogP contribution in [0.1, 0.15) is 18.1 Å². The van der Waals surface area contributed by atoms with Gasteiger partial charge in [-0.2, -0.15) is 0 Å². The summed E-state index contributed by atoms with van der Waals surface area (Å²) >= 11 is -4.24. The Morgan fingerprint density at radius 2 is 1.33 bits per heavy atom. The summed E-state index contributed by atoms with van der Waals surface area (Å²) in [7, 11) is 0. The van der Waals surface area contributed by atoms with E-state index in [9.17, 15) is 0 Å². The van der Waals surface area contributed by atoms with E-state index in [4.69, 9.17) is 0 Å². The van der Waals surface area contributed by atoms with Crippen molar-refractivity contribution in [3.8, 4) is 0 Å². The molecule has 18 heavy (non-hydrogen) atoms. The van der Waals surface area contributed by atoms with Crippen molar-refractivity contribution >= 4 is 42.8 Å². The number of allylic oxidation sites excluding steroid dienone is 1. The molecule has 0 aromatic heterocycles. The van der Waals surface area contributed by atoms with Gasteiger partial charge in [0.15, 0.2) is 0 Å². The quantitative estimate of drug-likeness (QED) is 0.545. The topological polar surface area (TPSA) is 0 Å². The fourth-order valence-electron chi connectivity index (χ4n) is 4.63. The molecule has 0 heterocycles. The van der Waals surface area contributed by atoms with Crippen LogP contribution in [0.5, 0.6) is 0 Å². The van der Waals surface area contributed by atoms with Gasteiger partial charge in [0.2, 0.25) is 0 Å². The Labute approximate surface area is 121 Å². The molecule has 2 heteroatoms. The zero-order valence-corrected chi connectivity index (χ0v) is 18.6. The molecule has 0 spiro atoms. The predicted octanol–water partition coefficient (Wildman–Crippen LogP) is 5.10. The van der Waals surface area contributed by atoms with Gasteiger partial charge in [-0.1, -0.05) is 0 Å². The first-order valence-electron chi connectivity index (χ1n) is 6.90. The SMILES string of the molecule is CC1=Cc2ccccc2[C]1([Sn]([CH3])([CH3])[CH3])[Sn]([CH3])([CH3])[CH3]. The summed E-state index contributed by atoms with van der Waals surface area (Å²) < 4.78 is 0.542. The van der Waals surface area contributed by atoms with Gasteiger partial charge in [-0.3, -0.25) is 0 Å². The summed E-state index contributed by atoms with van der Waals surface area (Å²) in [4.78, 5) is 15.8. The van der Waals surface area contributed by atoms with Crippen molar-refractivity contribution < 1.29 is 0 Å². The van der Waals surface area contributed by atoms with Crippen LogP contribution in [0.2, 0.25) is 29.6 Å². The molecule has 1 aromatic rings. The Balaban J connectivity index is 2.83. The van der Waals surface area contributed by atoms with E-state index < -0.39 is 36.8 Å². The average Bonchev–Trinajstić information content (AvgIpc) is 2.47. The third-order valence-corrected chi connectivity index (χ3v) is 49.9. The van der Waals surface area contributed by atoms with Crippen LogP contribution in [-0.4, -0.2) is 36.8 Å². The van der Waals surface area contributed by atoms with Gasteiger partial charge < -0.3 is 0 Å². The summed E-state index contributed by atoms with van der Waals surface area (Å²) in [6.07, 6.45) is 2.49. The van der Waals surface area contributed by atoms with E-state index in [1.807, 2.05) is 0 Å². The van der Waals surface area contributed by atoms with Crippen molar-refractivity contribution in [3.63, 3.8) is 0 Å². The standard InChI is InChI=1S/C10H8.6CH3.2Sn/c1-8-6-9-4-2-3-5-10(9)7-8;;;;;;;;/h2-6H,1H3;6*1H3;;. The monoisotopic (exact) mass is 458 g/mol. The van der Waals surface area contributed by atoms with Crippen molar-refractivity contribution in [2.45, 2.75) is 38.0 Å². The summed E-state index contributed by atoms with van der Waals surface area (Å²) in [5.74, 6) is 0. The summed E-state index contributed by atoms with van der Waals surface area (Å²) in [6, 6.07) is 9.17. The number of benzene rings is 1. The molecule has 0 unspecified atom stereocenters. The van der Waals surface area contributed by atoms with Gasteiger partial charge >= 0.3 is 122 Å². The summed E-state index contributed by atoms with van der Waals surface area (Å²) in [5.41, 5.74) is 4.89. The van der Waals surface area contributed by atoms with Crippen molar-refractivity contribution in [2.24, 2.45) is 0 Å². The van der Waals surface area contributed by atoms with E-state index in [0.717, 1.165) is 0 Å². The number of fused-ring (bicyclic) bond motifs is 1. The van der Waals surface area contributed by atoms with Gasteiger partial charge in [-0.25, -0.2) is 0 Å². The van der Waals surface area contributed by atoms with E-state index in [-0.39, 0.29) is 0 Å². The molecular weight excluding hydrogens is 430 g/mol. The van der Waals surface area contributed by atoms with Crippen LogP contribution in [0.4, 0.5) is 0 Å². The molecule has 0 nitrogen and oxygen atoms in total. The molecule has 1 aromatic carbocycles. The first-order chi connectivity index (χ1) is 8.12. The van der Waals surface area contributed by atoms with Crippen molar-refractivity contribution in [3.05, 3.63) is 41.0 Å². The normalized spacial score (nSPS) is 18.5. The molecule has 2 rings (SSSR count). The van der Waals surface area contributed by atoms with Crippen LogP contribution in [-0.2, 0) is 1.45 Å². The van der Waals surface area contributed by atoms with E-state index in [2.05, 4.69) is 66.9 Å². The van der Waals surface area contributed by atoms with Crippen molar-refractivity contribution in [2.75, 3.05) is 0 Å². The van der Waals surface area contributed by atoms with Gasteiger partial charge in [-0.05, 0) is 0 Å². The molecule has 0 amide bonds. The summed E-state index contributed by atoms with van der Waals surface area (Å²) in [5, 5.41) is 0. The van der Waals surface area contributed by atoms with Crippen molar-refractivity contribution in [1.82, 2.24) is 0 Å². The van der Waals surface area contributed by atoms with Gasteiger partial charge in [0, 0.05) is 0 Å². The Morgan fingerprint density at radius 1 is 0.833 bits per heavy atom. The van der Waals surface area contributed by atoms with E-state index in [1.165, 1.54) is 5.56 Å². The van der Waals surface area contributed by atoms with E-state index in [0.29, 0.717) is 1.45 Å². The Morgan fingerprint density at radius 3 is 1.83 bits per heavy atom. The first-order valence-corrected chi connectivity index (χ1v) is 26.9. The Bertz CT molecular complexity index is 485. The minimum atomic E-state index is -2.12. The zero-order valence-electron chi connectivity index (χ0n) is 12.9. The van der Waals surface area contributed by atoms with Crippen LogP contribution in [0, 0.1) is 0 Å². The van der Waals surface area contributed by atoms with Gasteiger partial charge in [-0.15, -0.1) is 0 Å². The Kier molecular flexibility index (Phi) is 3.77. The molecule has 0 fully saturated rings. The molecule has 1 aliphatic carbocycles. The molecule has 0 radical (unpaired) electrons. The maximum atomic E-state index is 2.64. The van der Waals surface area contributed by atoms with E-state index >= 15 is 0 Å². The average molecular weight is 456 g/mol. The number of hydrogen-bond donors (Lipinski definition) is 0. The van der Waals surface area contributed by atoms with Crippen LogP contribution in [0.15, 0.2) is 29.8 Å². The van der Waals surface area contributed by atoms with E-state index in [1.54, 1.807) is 11.1 Å². The summed E-state index contributed by atoms with van der Waals surface area (Å²) in [6.45, 7) is 2.41. The molecule has 1 aliphatic rings. The second kappa shape index (κ2) is 4.54. The van der Waals surface area contributed by atoms with Gasteiger partial charge in [0.1, 0.15) is 0 Å². The van der Waals surface area contributed by atoms with Crippen LogP contribution in [0.25, 0.3) is 6.08 Å². The molecule has 0 bridgehead atoms. The number of hydrogen-bond acceptors (Lipinski definition) is 0. The molecule has 0 atom stereocenters. The first kappa shape index (κ1) is 15.0. The van der Waals surface area contributed by atoms with Crippen LogP contribution >= 0.6 is 0 Å². The Hall–Kier alpha value is 0.557. The van der Waals surface area contributed by atoms with Gasteiger partial charge in [0.05, 0.1) is 0 Å². The fourth-order valence-corrected chi connectivity index (χ4v) is 67.2. The molecular formula is C16H26Sn2. The van der Waals surface area contributed by atoms with Crippen molar-refractivity contribution in [1.29, 1.82) is 0 Å². The number of rotatable bonds is 2. The molecule has 0 N–H and O–H groups in total. The zero-order chi connectivity index (χ0) is 13.8. The third-order valence-electron chi connectivity index (χ3n) is 4.58. The van der Waals surface area contributed by atoms with Crippen LogP contribution < -0.4 is 0 Å². The minimum absolute atomic E-state index is 0.542. The van der Waals surface area contributed by atoms with Crippen LogP contribution in [0.3, 0.4) is 0 Å². The maximum absolute atomic E-state index is 2.64. The molecule has 0 saturated heterocycles. The molecule has 98 valence electrons. The molecule has 0 saturated carbocycles. The second-order valence-corrected chi connectivity index (χ2v) is 41.7. The third kappa shape index (κ3) is 1.93. The van der Waals surface area contributed by atoms with Gasteiger partial charge in [0.25, 0.3) is 0 Å². The fraction of sp³-hybridized carbons (Fsp3) is 0.500. The molecule has 0 aliphatic heterocycles. The predicted molar refractivity (Wildman–Crippen MR) is 88.5 cm³/mol. The second-order valence-electron chi connectivity index (χ2n) is 7.66.